The Morgan fingerprint density at radius 3 is 2.41 bits per heavy atom. The van der Waals surface area contributed by atoms with Crippen molar-refractivity contribution in [2.45, 2.75) is 82.2 Å². The normalized spacial score (nSPS) is 23.4. The van der Waals surface area contributed by atoms with Gasteiger partial charge in [-0.1, -0.05) is 44.5 Å². The molecule has 3 saturated heterocycles. The first-order valence-electron chi connectivity index (χ1n) is 23.8. The van der Waals surface area contributed by atoms with E-state index in [1.165, 1.54) is 53.3 Å². The summed E-state index contributed by atoms with van der Waals surface area (Å²) in [5.74, 6) is -4.11. The summed E-state index contributed by atoms with van der Waals surface area (Å²) in [6, 6.07) is 12.2. The van der Waals surface area contributed by atoms with Crippen molar-refractivity contribution in [1.82, 2.24) is 25.0 Å². The molecule has 5 aliphatic heterocycles. The van der Waals surface area contributed by atoms with Gasteiger partial charge in [-0.2, -0.15) is 13.2 Å². The van der Waals surface area contributed by atoms with Crippen LogP contribution in [0.15, 0.2) is 66.9 Å². The monoisotopic (exact) mass is 1070 g/mol. The largest absolute Gasteiger partial charge is 0.495 e. The second-order valence-corrected chi connectivity index (χ2v) is 22.2. The van der Waals surface area contributed by atoms with Gasteiger partial charge in [0.15, 0.2) is 0 Å². The number of pyridine rings is 1. The van der Waals surface area contributed by atoms with Crippen molar-refractivity contribution in [3.63, 3.8) is 0 Å². The molecule has 1 spiro atoms. The number of aromatic nitrogens is 1. The number of piperazine rings is 1. The Kier molecular flexibility index (Phi) is 13.9. The van der Waals surface area contributed by atoms with Crippen molar-refractivity contribution in [1.29, 1.82) is 0 Å². The molecule has 9 rings (SSSR count). The molecule has 18 nitrogen and oxygen atoms in total. The fourth-order valence-corrected chi connectivity index (χ4v) is 12.0. The number of anilines is 3. The Labute approximate surface area is 428 Å². The fraction of sp³-hybridized carbons (Fsp3) is 0.440. The molecule has 0 bridgehead atoms. The SMILES string of the molecule is COc1cc(C(=O)N2CCN(c3ccc4c(c3)CN(C3CCC(=O)NC3=O)C4=O)CC2)ccc1NC(=O)[C@H]1[C@H](c2cccc(Cl)c2F)[C@]2(CN(COP(=O)(O)O)c3cc(C(F)(F)F)ncc32)[C@H](CC(C)(C)C)N1C. The van der Waals surface area contributed by atoms with Gasteiger partial charge in [-0.05, 0) is 85.0 Å². The van der Waals surface area contributed by atoms with Crippen LogP contribution in [-0.4, -0.2) is 131 Å². The number of likely N-dealkylation sites (N-methyl/N-ethyl adjacent to an activating group) is 1. The lowest BCUT2D eigenvalue weighted by atomic mass is 9.63. The van der Waals surface area contributed by atoms with E-state index in [0.29, 0.717) is 31.7 Å². The lowest BCUT2D eigenvalue weighted by molar-refractivity contribution is -0.141. The number of imide groups is 1. The predicted octanol–water partition coefficient (Wildman–Crippen LogP) is 6.29. The number of nitrogens with one attached hydrogen (secondary N) is 2. The van der Waals surface area contributed by atoms with E-state index in [4.69, 9.17) is 20.9 Å². The molecule has 0 saturated carbocycles. The smallest absolute Gasteiger partial charge is 0.471 e. The van der Waals surface area contributed by atoms with Crippen LogP contribution in [0.5, 0.6) is 5.75 Å². The van der Waals surface area contributed by atoms with Crippen LogP contribution < -0.4 is 25.2 Å². The molecule has 1 unspecified atom stereocenters. The summed E-state index contributed by atoms with van der Waals surface area (Å²) in [5, 5.41) is 4.95. The van der Waals surface area contributed by atoms with Crippen LogP contribution >= 0.6 is 19.4 Å². The molecule has 0 radical (unpaired) electrons. The van der Waals surface area contributed by atoms with Crippen molar-refractivity contribution in [3.05, 3.63) is 111 Å². The van der Waals surface area contributed by atoms with Crippen molar-refractivity contribution < 1.29 is 65.1 Å². The molecule has 0 aliphatic carbocycles. The molecule has 6 heterocycles. The van der Waals surface area contributed by atoms with Gasteiger partial charge in [0, 0.05) is 97.3 Å². The van der Waals surface area contributed by atoms with Crippen molar-refractivity contribution in [2.75, 3.05) is 68.7 Å². The first kappa shape index (κ1) is 52.7. The summed E-state index contributed by atoms with van der Waals surface area (Å²) in [6.07, 6.45) is -3.21. The minimum atomic E-state index is -5.18. The van der Waals surface area contributed by atoms with Gasteiger partial charge in [0.25, 0.3) is 11.8 Å². The minimum absolute atomic E-state index is 0.0415. The van der Waals surface area contributed by atoms with Crippen molar-refractivity contribution >= 4 is 66.0 Å². The number of benzene rings is 3. The molecular weight excluding hydrogens is 1020 g/mol. The van der Waals surface area contributed by atoms with Gasteiger partial charge in [-0.15, -0.1) is 0 Å². The zero-order valence-electron chi connectivity index (χ0n) is 40.9. The van der Waals surface area contributed by atoms with E-state index < -0.39 is 78.9 Å². The van der Waals surface area contributed by atoms with Gasteiger partial charge < -0.3 is 39.4 Å². The zero-order valence-corrected chi connectivity index (χ0v) is 42.6. The maximum atomic E-state index is 16.7. The maximum Gasteiger partial charge on any atom is 0.471 e. The van der Waals surface area contributed by atoms with E-state index in [-0.39, 0.29) is 88.9 Å². The molecule has 5 aliphatic rings. The molecule has 4 aromatic rings. The van der Waals surface area contributed by atoms with Gasteiger partial charge in [0.05, 0.1) is 23.9 Å². The van der Waals surface area contributed by atoms with Crippen LogP contribution in [0.4, 0.5) is 34.6 Å². The average molecular weight is 1070 g/mol. The topological polar surface area (TPSA) is 214 Å². The van der Waals surface area contributed by atoms with E-state index in [2.05, 4.69) is 20.5 Å². The Hall–Kier alpha value is -6.16. The summed E-state index contributed by atoms with van der Waals surface area (Å²) in [5.41, 5.74) is -0.803. The number of amides is 5. The summed E-state index contributed by atoms with van der Waals surface area (Å²) < 4.78 is 82.3. The highest BCUT2D eigenvalue weighted by Gasteiger charge is 2.66. The first-order chi connectivity index (χ1) is 34.8. The second kappa shape index (κ2) is 19.5. The predicted molar refractivity (Wildman–Crippen MR) is 262 cm³/mol. The summed E-state index contributed by atoms with van der Waals surface area (Å²) in [6.45, 7) is 6.46. The molecule has 3 fully saturated rings. The van der Waals surface area contributed by atoms with Gasteiger partial charge in [-0.25, -0.2) is 8.96 Å². The highest BCUT2D eigenvalue weighted by Crippen LogP contribution is 2.61. The number of likely N-dealkylation sites (tertiary alicyclic amines) is 1. The van der Waals surface area contributed by atoms with Gasteiger partial charge in [0.2, 0.25) is 17.7 Å². The quantitative estimate of drug-likeness (QED) is 0.0739. The Balaban J connectivity index is 0.978. The van der Waals surface area contributed by atoms with Crippen LogP contribution in [-0.2, 0) is 41.6 Å². The third kappa shape index (κ3) is 9.83. The number of halogens is 5. The number of rotatable bonds is 11. The number of hydrogen-bond donors (Lipinski definition) is 4. The molecular formula is C50H54ClF4N8O10P. The second-order valence-electron chi connectivity index (χ2n) is 20.5. The van der Waals surface area contributed by atoms with Gasteiger partial charge in [-0.3, -0.25) is 43.7 Å². The average Bonchev–Trinajstić information content (AvgIpc) is 3.93. The number of fused-ring (bicyclic) bond motifs is 3. The Morgan fingerprint density at radius 1 is 1.01 bits per heavy atom. The highest BCUT2D eigenvalue weighted by molar-refractivity contribution is 7.46. The van der Waals surface area contributed by atoms with Crippen molar-refractivity contribution in [3.8, 4) is 5.75 Å². The minimum Gasteiger partial charge on any atom is -0.495 e. The van der Waals surface area contributed by atoms with Crippen LogP contribution in [0, 0.1) is 11.2 Å². The third-order valence-corrected chi connectivity index (χ3v) is 15.5. The van der Waals surface area contributed by atoms with Gasteiger partial charge >= 0.3 is 14.0 Å². The van der Waals surface area contributed by atoms with Crippen LogP contribution in [0.1, 0.15) is 89.1 Å². The van der Waals surface area contributed by atoms with E-state index in [0.717, 1.165) is 23.5 Å². The Bertz CT molecular complexity index is 3000. The molecule has 1 aromatic heterocycles. The number of ether oxygens (including phenoxy) is 1. The number of hydrogen-bond acceptors (Lipinski definition) is 12. The number of alkyl halides is 3. The molecule has 24 heteroatoms. The number of phosphoric acid groups is 1. The molecule has 394 valence electrons. The standard InChI is InChI=1S/C50H54ClF4N8O10P/c1-48(2,3)22-39-49(25-62(26-73-74(69,70)71)36-21-38(50(53,54)55)56-23-32(36)49)41(31-7-6-8-33(51)42(31)52)43(59(39)4)45(66)57-34-12-9-27(20-37(34)72-5)46(67)61-17-15-60(16-18-61)29-10-11-30-28(19-29)24-63(47(30)68)35-13-14-40(64)58-44(35)65/h6-12,19-21,23,35,39,41,43H,13-18,22,24-26H2,1-5H3,(H,57,66)(H,58,64,65)(H2,69,70,71)/t35?,39-,41-,43+,49-/m0/s1. The number of piperidine rings is 1. The van der Waals surface area contributed by atoms with E-state index in [9.17, 15) is 46.7 Å². The van der Waals surface area contributed by atoms with E-state index in [1.807, 2.05) is 32.9 Å². The van der Waals surface area contributed by atoms with Crippen LogP contribution in [0.25, 0.3) is 0 Å². The molecule has 5 amide bonds. The van der Waals surface area contributed by atoms with E-state index >= 15 is 9.18 Å². The first-order valence-corrected chi connectivity index (χ1v) is 25.7. The lowest BCUT2D eigenvalue weighted by Crippen LogP contribution is -2.52. The number of carbonyl (C=O) groups excluding carboxylic acids is 5. The van der Waals surface area contributed by atoms with Crippen LogP contribution in [0.3, 0.4) is 0 Å². The third-order valence-electron chi connectivity index (χ3n) is 14.8. The molecule has 5 atom stereocenters. The van der Waals surface area contributed by atoms with Crippen LogP contribution in [0.2, 0.25) is 5.02 Å². The maximum absolute atomic E-state index is 16.7. The molecule has 3 aromatic carbocycles. The highest BCUT2D eigenvalue weighted by atomic mass is 35.5. The Morgan fingerprint density at radius 2 is 1.74 bits per heavy atom. The lowest BCUT2D eigenvalue weighted by Gasteiger charge is -2.41. The van der Waals surface area contributed by atoms with Gasteiger partial charge in [0.1, 0.15) is 30.0 Å². The summed E-state index contributed by atoms with van der Waals surface area (Å²) in [7, 11) is -2.17. The molecule has 74 heavy (non-hydrogen) atoms. The fourth-order valence-electron chi connectivity index (χ4n) is 11.5. The summed E-state index contributed by atoms with van der Waals surface area (Å²) in [4.78, 5) is 98.3. The van der Waals surface area contributed by atoms with E-state index in [1.54, 1.807) is 22.9 Å². The van der Waals surface area contributed by atoms with Crippen molar-refractivity contribution in [2.24, 2.45) is 5.41 Å². The number of methoxy groups -OCH3 is 1. The molecule has 4 N–H and O–H groups in total. The number of phosphoric ester groups is 1. The summed E-state index contributed by atoms with van der Waals surface area (Å²) >= 11 is 6.43. The number of carbonyl (C=O) groups is 5. The number of nitrogens with zero attached hydrogens (tertiary/aromatic N) is 6. The zero-order chi connectivity index (χ0) is 53.4.